The fourth-order valence-electron chi connectivity index (χ4n) is 2.32. The zero-order valence-corrected chi connectivity index (χ0v) is 13.5. The van der Waals surface area contributed by atoms with Crippen molar-refractivity contribution < 1.29 is 9.32 Å². The van der Waals surface area contributed by atoms with E-state index in [0.29, 0.717) is 18.0 Å². The minimum atomic E-state index is -0.0240. The Bertz CT molecular complexity index is 735. The summed E-state index contributed by atoms with van der Waals surface area (Å²) in [6.45, 7) is 0.670. The predicted molar refractivity (Wildman–Crippen MR) is 91.3 cm³/mol. The molecule has 3 aromatic rings. The van der Waals surface area contributed by atoms with Crippen LogP contribution in [0.4, 0.5) is 0 Å². The number of hydrogen-bond acceptors (Lipinski definition) is 4. The molecule has 0 aliphatic rings. The highest BCUT2D eigenvalue weighted by Gasteiger charge is 2.10. The molecule has 0 saturated carbocycles. The van der Waals surface area contributed by atoms with Crippen molar-refractivity contribution in [3.63, 3.8) is 0 Å². The van der Waals surface area contributed by atoms with E-state index in [1.807, 2.05) is 41.8 Å². The second-order valence-corrected chi connectivity index (χ2v) is 6.22. The summed E-state index contributed by atoms with van der Waals surface area (Å²) >= 11 is 1.59. The first-order valence-corrected chi connectivity index (χ1v) is 8.49. The first kappa shape index (κ1) is 15.5. The van der Waals surface area contributed by atoms with E-state index in [1.54, 1.807) is 11.3 Å². The number of aryl methyl sites for hydroxylation is 1. The topological polar surface area (TPSA) is 55.1 Å². The SMILES string of the molecule is O=C(Cc1cc(-c2cccs2)on1)NCCCc1ccccc1. The standard InChI is InChI=1S/C18H18N2O2S/c21-18(19-10-4-8-14-6-2-1-3-7-14)13-15-12-16(22-20-15)17-9-5-11-23-17/h1-3,5-7,9,11-12H,4,8,10,13H2,(H,19,21). The summed E-state index contributed by atoms with van der Waals surface area (Å²) in [4.78, 5) is 12.9. The molecule has 0 radical (unpaired) electrons. The predicted octanol–water partition coefficient (Wildman–Crippen LogP) is 3.69. The number of benzene rings is 1. The Balaban J connectivity index is 1.41. The molecule has 118 valence electrons. The van der Waals surface area contributed by atoms with Crippen LogP contribution in [0.25, 0.3) is 10.6 Å². The quantitative estimate of drug-likeness (QED) is 0.674. The number of rotatable bonds is 7. The summed E-state index contributed by atoms with van der Waals surface area (Å²) < 4.78 is 5.27. The van der Waals surface area contributed by atoms with E-state index in [0.717, 1.165) is 17.7 Å². The molecule has 0 saturated heterocycles. The van der Waals surface area contributed by atoms with Crippen LogP contribution in [-0.2, 0) is 17.6 Å². The highest BCUT2D eigenvalue weighted by Crippen LogP contribution is 2.25. The minimum absolute atomic E-state index is 0.0240. The molecule has 23 heavy (non-hydrogen) atoms. The summed E-state index contributed by atoms with van der Waals surface area (Å²) in [6, 6.07) is 16.0. The Kier molecular flexibility index (Phi) is 5.21. The van der Waals surface area contributed by atoms with E-state index < -0.39 is 0 Å². The molecule has 1 amide bonds. The van der Waals surface area contributed by atoms with Crippen LogP contribution in [0.3, 0.4) is 0 Å². The molecule has 5 heteroatoms. The molecule has 0 bridgehead atoms. The molecule has 4 nitrogen and oxygen atoms in total. The Morgan fingerprint density at radius 1 is 1.17 bits per heavy atom. The van der Waals surface area contributed by atoms with E-state index in [1.165, 1.54) is 5.56 Å². The van der Waals surface area contributed by atoms with Crippen molar-refractivity contribution in [1.82, 2.24) is 10.5 Å². The van der Waals surface area contributed by atoms with Crippen LogP contribution in [0, 0.1) is 0 Å². The van der Waals surface area contributed by atoms with Crippen LogP contribution in [0.1, 0.15) is 17.7 Å². The largest absolute Gasteiger partial charge is 0.356 e. The molecule has 0 aliphatic heterocycles. The van der Waals surface area contributed by atoms with Crippen molar-refractivity contribution in [2.75, 3.05) is 6.54 Å². The van der Waals surface area contributed by atoms with Crippen LogP contribution in [0.5, 0.6) is 0 Å². The Hall–Kier alpha value is -2.40. The Morgan fingerprint density at radius 3 is 2.83 bits per heavy atom. The average Bonchev–Trinajstić information content (AvgIpc) is 3.24. The van der Waals surface area contributed by atoms with Gasteiger partial charge < -0.3 is 9.84 Å². The van der Waals surface area contributed by atoms with Gasteiger partial charge in [0.25, 0.3) is 0 Å². The number of carbonyl (C=O) groups excluding carboxylic acids is 1. The lowest BCUT2D eigenvalue weighted by Crippen LogP contribution is -2.26. The smallest absolute Gasteiger partial charge is 0.226 e. The maximum atomic E-state index is 11.9. The van der Waals surface area contributed by atoms with Crippen LogP contribution in [-0.4, -0.2) is 17.6 Å². The monoisotopic (exact) mass is 326 g/mol. The van der Waals surface area contributed by atoms with Gasteiger partial charge in [0.05, 0.1) is 17.0 Å². The second-order valence-electron chi connectivity index (χ2n) is 5.28. The van der Waals surface area contributed by atoms with Crippen LogP contribution >= 0.6 is 11.3 Å². The highest BCUT2D eigenvalue weighted by atomic mass is 32.1. The van der Waals surface area contributed by atoms with Gasteiger partial charge >= 0.3 is 0 Å². The fourth-order valence-corrected chi connectivity index (χ4v) is 3.00. The zero-order chi connectivity index (χ0) is 15.9. The van der Waals surface area contributed by atoms with E-state index in [9.17, 15) is 4.79 Å². The number of nitrogens with one attached hydrogen (secondary N) is 1. The second kappa shape index (κ2) is 7.74. The zero-order valence-electron chi connectivity index (χ0n) is 12.7. The first-order valence-electron chi connectivity index (χ1n) is 7.61. The third kappa shape index (κ3) is 4.53. The summed E-state index contributed by atoms with van der Waals surface area (Å²) in [5, 5.41) is 8.87. The maximum absolute atomic E-state index is 11.9. The van der Waals surface area contributed by atoms with Gasteiger partial charge in [-0.05, 0) is 29.9 Å². The lowest BCUT2D eigenvalue weighted by molar-refractivity contribution is -0.120. The lowest BCUT2D eigenvalue weighted by Gasteiger charge is -2.04. The van der Waals surface area contributed by atoms with E-state index in [4.69, 9.17) is 4.52 Å². The number of nitrogens with zero attached hydrogens (tertiary/aromatic N) is 1. The van der Waals surface area contributed by atoms with E-state index >= 15 is 0 Å². The molecule has 0 aliphatic carbocycles. The average molecular weight is 326 g/mol. The molecule has 1 N–H and O–H groups in total. The summed E-state index contributed by atoms with van der Waals surface area (Å²) in [5.74, 6) is 0.691. The molecule has 0 unspecified atom stereocenters. The van der Waals surface area contributed by atoms with Crippen molar-refractivity contribution in [2.45, 2.75) is 19.3 Å². The van der Waals surface area contributed by atoms with Gasteiger partial charge in [-0.25, -0.2) is 0 Å². The summed E-state index contributed by atoms with van der Waals surface area (Å²) in [7, 11) is 0. The highest BCUT2D eigenvalue weighted by molar-refractivity contribution is 7.13. The van der Waals surface area contributed by atoms with Gasteiger partial charge in [0.1, 0.15) is 0 Å². The number of amides is 1. The van der Waals surface area contributed by atoms with Crippen molar-refractivity contribution >= 4 is 17.2 Å². The number of carbonyl (C=O) groups is 1. The third-order valence-electron chi connectivity index (χ3n) is 3.47. The van der Waals surface area contributed by atoms with E-state index in [2.05, 4.69) is 22.6 Å². The molecule has 1 aromatic carbocycles. The fraction of sp³-hybridized carbons (Fsp3) is 0.222. The van der Waals surface area contributed by atoms with Gasteiger partial charge in [0.15, 0.2) is 5.76 Å². The van der Waals surface area contributed by atoms with Gasteiger partial charge in [0, 0.05) is 12.6 Å². The Morgan fingerprint density at radius 2 is 2.04 bits per heavy atom. The van der Waals surface area contributed by atoms with E-state index in [-0.39, 0.29) is 12.3 Å². The van der Waals surface area contributed by atoms with Gasteiger partial charge in [-0.3, -0.25) is 4.79 Å². The van der Waals surface area contributed by atoms with Gasteiger partial charge in [-0.2, -0.15) is 0 Å². The van der Waals surface area contributed by atoms with Crippen LogP contribution in [0.15, 0.2) is 58.4 Å². The maximum Gasteiger partial charge on any atom is 0.226 e. The molecule has 0 atom stereocenters. The van der Waals surface area contributed by atoms with Gasteiger partial charge in [-0.15, -0.1) is 11.3 Å². The summed E-state index contributed by atoms with van der Waals surface area (Å²) in [6.07, 6.45) is 2.14. The first-order chi connectivity index (χ1) is 11.3. The lowest BCUT2D eigenvalue weighted by atomic mass is 10.1. The number of thiophene rings is 1. The number of aromatic nitrogens is 1. The van der Waals surface area contributed by atoms with Crippen molar-refractivity contribution in [3.05, 3.63) is 65.2 Å². The number of hydrogen-bond donors (Lipinski definition) is 1. The molecular formula is C18H18N2O2S. The molecule has 0 fully saturated rings. The van der Waals surface area contributed by atoms with Crippen molar-refractivity contribution in [1.29, 1.82) is 0 Å². The Labute approximate surface area is 139 Å². The summed E-state index contributed by atoms with van der Waals surface area (Å²) in [5.41, 5.74) is 1.95. The molecular weight excluding hydrogens is 308 g/mol. The van der Waals surface area contributed by atoms with Gasteiger partial charge in [-0.1, -0.05) is 41.6 Å². The van der Waals surface area contributed by atoms with Crippen LogP contribution in [0.2, 0.25) is 0 Å². The van der Waals surface area contributed by atoms with Gasteiger partial charge in [0.2, 0.25) is 5.91 Å². The minimum Gasteiger partial charge on any atom is -0.356 e. The molecule has 0 spiro atoms. The molecule has 3 rings (SSSR count). The van der Waals surface area contributed by atoms with Crippen molar-refractivity contribution in [2.24, 2.45) is 0 Å². The van der Waals surface area contributed by atoms with Crippen molar-refractivity contribution in [3.8, 4) is 10.6 Å². The normalized spacial score (nSPS) is 10.6. The third-order valence-corrected chi connectivity index (χ3v) is 4.36. The molecule has 2 heterocycles. The van der Waals surface area contributed by atoms with Crippen LogP contribution < -0.4 is 5.32 Å². The molecule has 2 aromatic heterocycles.